The van der Waals surface area contributed by atoms with Gasteiger partial charge in [0.15, 0.2) is 5.82 Å². The molecular formula is C18H19N3O3. The van der Waals surface area contributed by atoms with Crippen LogP contribution in [0, 0.1) is 5.92 Å². The van der Waals surface area contributed by atoms with E-state index in [1.807, 2.05) is 24.3 Å². The van der Waals surface area contributed by atoms with Crippen molar-refractivity contribution in [3.63, 3.8) is 0 Å². The Hall–Kier alpha value is -2.63. The molecule has 2 aliphatic rings. The molecule has 0 bridgehead atoms. The Morgan fingerprint density at radius 2 is 2.00 bits per heavy atom. The molecule has 2 aromatic rings. The molecule has 24 heavy (non-hydrogen) atoms. The van der Waals surface area contributed by atoms with Gasteiger partial charge in [0.2, 0.25) is 0 Å². The van der Waals surface area contributed by atoms with Gasteiger partial charge in [-0.25, -0.2) is 9.48 Å². The van der Waals surface area contributed by atoms with E-state index in [2.05, 4.69) is 5.10 Å². The molecule has 1 aliphatic heterocycles. The number of carbonyl (C=O) groups is 1. The maximum absolute atomic E-state index is 12.1. The van der Waals surface area contributed by atoms with Gasteiger partial charge < -0.3 is 10.0 Å². The van der Waals surface area contributed by atoms with E-state index in [4.69, 9.17) is 0 Å². The maximum atomic E-state index is 12.1. The van der Waals surface area contributed by atoms with Crippen LogP contribution in [0.5, 0.6) is 0 Å². The Balaban J connectivity index is 1.74. The zero-order chi connectivity index (χ0) is 16.7. The van der Waals surface area contributed by atoms with Gasteiger partial charge in [-0.2, -0.15) is 5.10 Å². The van der Waals surface area contributed by atoms with E-state index in [0.29, 0.717) is 24.7 Å². The summed E-state index contributed by atoms with van der Waals surface area (Å²) in [6.07, 6.45) is 3.90. The van der Waals surface area contributed by atoms with Crippen LogP contribution in [0.25, 0.3) is 0 Å². The highest BCUT2D eigenvalue weighted by molar-refractivity contribution is 5.86. The van der Waals surface area contributed by atoms with E-state index in [0.717, 1.165) is 24.1 Å². The topological polar surface area (TPSA) is 75.4 Å². The van der Waals surface area contributed by atoms with Gasteiger partial charge in [0, 0.05) is 24.7 Å². The molecular weight excluding hydrogens is 306 g/mol. The van der Waals surface area contributed by atoms with E-state index in [9.17, 15) is 14.7 Å². The number of rotatable bonds is 4. The number of carboxylic acid groups (broad SMARTS) is 1. The summed E-state index contributed by atoms with van der Waals surface area (Å²) in [5.41, 5.74) is 1.71. The number of para-hydroxylation sites is 1. The number of hydrogen-bond donors (Lipinski definition) is 1. The largest absolute Gasteiger partial charge is 0.480 e. The second-order valence-electron chi connectivity index (χ2n) is 6.57. The van der Waals surface area contributed by atoms with Crippen molar-refractivity contribution in [3.05, 3.63) is 52.3 Å². The highest BCUT2D eigenvalue weighted by atomic mass is 16.4. The van der Waals surface area contributed by atoms with Crippen molar-refractivity contribution in [1.29, 1.82) is 0 Å². The Labute approximate surface area is 139 Å². The van der Waals surface area contributed by atoms with Gasteiger partial charge in [0.05, 0.1) is 0 Å². The van der Waals surface area contributed by atoms with Crippen LogP contribution in [-0.4, -0.2) is 26.9 Å². The Kier molecular flexibility index (Phi) is 3.59. The first-order valence-corrected chi connectivity index (χ1v) is 8.31. The van der Waals surface area contributed by atoms with Crippen molar-refractivity contribution in [3.8, 4) is 0 Å². The average Bonchev–Trinajstić information content (AvgIpc) is 2.92. The fourth-order valence-electron chi connectivity index (χ4n) is 3.48. The Bertz CT molecular complexity index is 841. The highest BCUT2D eigenvalue weighted by Gasteiger charge is 2.36. The summed E-state index contributed by atoms with van der Waals surface area (Å²) >= 11 is 0. The molecule has 1 N–H and O–H groups in total. The SMILES string of the molecule is O=C(O)C1Cc2ccccc2N1c1ccc(=O)n(CC2CCC2)n1. The molecule has 6 nitrogen and oxygen atoms in total. The Morgan fingerprint density at radius 1 is 1.21 bits per heavy atom. The van der Waals surface area contributed by atoms with E-state index in [1.165, 1.54) is 17.2 Å². The van der Waals surface area contributed by atoms with Gasteiger partial charge in [-0.3, -0.25) is 4.79 Å². The predicted octanol–water partition coefficient (Wildman–Crippen LogP) is 2.19. The van der Waals surface area contributed by atoms with Crippen LogP contribution in [0.2, 0.25) is 0 Å². The quantitative estimate of drug-likeness (QED) is 0.932. The van der Waals surface area contributed by atoms with Gasteiger partial charge in [0.25, 0.3) is 5.56 Å². The lowest BCUT2D eigenvalue weighted by molar-refractivity contribution is -0.138. The first kappa shape index (κ1) is 14.9. The normalized spacial score (nSPS) is 19.8. The molecule has 0 saturated heterocycles. The smallest absolute Gasteiger partial charge is 0.327 e. The summed E-state index contributed by atoms with van der Waals surface area (Å²) in [6, 6.07) is 10.1. The molecule has 2 heterocycles. The molecule has 124 valence electrons. The van der Waals surface area contributed by atoms with Gasteiger partial charge in [0.1, 0.15) is 6.04 Å². The monoisotopic (exact) mass is 325 g/mol. The summed E-state index contributed by atoms with van der Waals surface area (Å²) in [5.74, 6) is 0.141. The first-order valence-electron chi connectivity index (χ1n) is 8.31. The molecule has 1 unspecified atom stereocenters. The average molecular weight is 325 g/mol. The third-order valence-electron chi connectivity index (χ3n) is 5.02. The van der Waals surface area contributed by atoms with Crippen molar-refractivity contribution >= 4 is 17.5 Å². The standard InChI is InChI=1S/C18H19N3O3/c22-17-9-8-16(19-20(17)11-12-4-3-5-12)21-14-7-2-1-6-13(14)10-15(21)18(23)24/h1-2,6-9,12,15H,3-5,10-11H2,(H,23,24). The molecule has 4 rings (SSSR count). The number of aromatic nitrogens is 2. The molecule has 0 spiro atoms. The number of hydrogen-bond acceptors (Lipinski definition) is 4. The minimum Gasteiger partial charge on any atom is -0.480 e. The van der Waals surface area contributed by atoms with Crippen molar-refractivity contribution in [1.82, 2.24) is 9.78 Å². The van der Waals surface area contributed by atoms with Crippen molar-refractivity contribution in [2.75, 3.05) is 4.90 Å². The van der Waals surface area contributed by atoms with Crippen LogP contribution >= 0.6 is 0 Å². The lowest BCUT2D eigenvalue weighted by Gasteiger charge is -2.27. The fraction of sp³-hybridized carbons (Fsp3) is 0.389. The number of anilines is 2. The van der Waals surface area contributed by atoms with E-state index in [1.54, 1.807) is 11.0 Å². The third kappa shape index (κ3) is 2.48. The molecule has 1 saturated carbocycles. The fourth-order valence-corrected chi connectivity index (χ4v) is 3.48. The molecule has 1 aliphatic carbocycles. The van der Waals surface area contributed by atoms with Gasteiger partial charge in [-0.05, 0) is 36.5 Å². The van der Waals surface area contributed by atoms with Crippen LogP contribution < -0.4 is 10.5 Å². The first-order chi connectivity index (χ1) is 11.6. The van der Waals surface area contributed by atoms with Crippen LogP contribution in [0.15, 0.2) is 41.2 Å². The zero-order valence-electron chi connectivity index (χ0n) is 13.3. The number of benzene rings is 1. The minimum absolute atomic E-state index is 0.134. The summed E-state index contributed by atoms with van der Waals surface area (Å²) in [5, 5.41) is 14.1. The summed E-state index contributed by atoms with van der Waals surface area (Å²) < 4.78 is 1.49. The lowest BCUT2D eigenvalue weighted by Crippen LogP contribution is -2.37. The van der Waals surface area contributed by atoms with Crippen molar-refractivity contribution < 1.29 is 9.90 Å². The second-order valence-corrected chi connectivity index (χ2v) is 6.57. The number of aliphatic carboxylic acids is 1. The molecule has 1 atom stereocenters. The molecule has 0 radical (unpaired) electrons. The van der Waals surface area contributed by atoms with Crippen LogP contribution in [0.4, 0.5) is 11.5 Å². The van der Waals surface area contributed by atoms with Crippen LogP contribution in [0.1, 0.15) is 24.8 Å². The van der Waals surface area contributed by atoms with Crippen LogP contribution in [-0.2, 0) is 17.8 Å². The minimum atomic E-state index is -0.884. The Morgan fingerprint density at radius 3 is 2.71 bits per heavy atom. The lowest BCUT2D eigenvalue weighted by atomic mass is 9.85. The molecule has 1 fully saturated rings. The highest BCUT2D eigenvalue weighted by Crippen LogP contribution is 2.37. The molecule has 1 aromatic carbocycles. The second kappa shape index (κ2) is 5.78. The zero-order valence-corrected chi connectivity index (χ0v) is 13.3. The van der Waals surface area contributed by atoms with Gasteiger partial charge in [-0.1, -0.05) is 24.6 Å². The van der Waals surface area contributed by atoms with Gasteiger partial charge in [-0.15, -0.1) is 0 Å². The van der Waals surface area contributed by atoms with Crippen molar-refractivity contribution in [2.24, 2.45) is 5.92 Å². The molecule has 1 aromatic heterocycles. The van der Waals surface area contributed by atoms with Crippen molar-refractivity contribution in [2.45, 2.75) is 38.3 Å². The summed E-state index contributed by atoms with van der Waals surface area (Å²) in [6.45, 7) is 0.611. The van der Waals surface area contributed by atoms with Gasteiger partial charge >= 0.3 is 5.97 Å². The number of nitrogens with zero attached hydrogens (tertiary/aromatic N) is 3. The molecule has 0 amide bonds. The summed E-state index contributed by atoms with van der Waals surface area (Å²) in [7, 11) is 0. The molecule has 6 heteroatoms. The number of carboxylic acids is 1. The summed E-state index contributed by atoms with van der Waals surface area (Å²) in [4.78, 5) is 25.5. The number of fused-ring (bicyclic) bond motifs is 1. The van der Waals surface area contributed by atoms with E-state index >= 15 is 0 Å². The van der Waals surface area contributed by atoms with E-state index in [-0.39, 0.29) is 5.56 Å². The van der Waals surface area contributed by atoms with E-state index < -0.39 is 12.0 Å². The maximum Gasteiger partial charge on any atom is 0.327 e. The van der Waals surface area contributed by atoms with Crippen LogP contribution in [0.3, 0.4) is 0 Å². The predicted molar refractivity (Wildman–Crippen MR) is 89.5 cm³/mol. The third-order valence-corrected chi connectivity index (χ3v) is 5.02.